The molecule has 0 saturated carbocycles. The molecule has 5 nitrogen and oxygen atoms in total. The first kappa shape index (κ1) is 17.2. The van der Waals surface area contributed by atoms with Gasteiger partial charge >= 0.3 is 0 Å². The summed E-state index contributed by atoms with van der Waals surface area (Å²) < 4.78 is 24.4. The molecule has 0 aliphatic rings. The maximum atomic E-state index is 11.3. The Balaban J connectivity index is 2.90. The number of nitrogens with one attached hydrogen (secondary N) is 1. The lowest BCUT2D eigenvalue weighted by atomic mass is 10.0. The summed E-state index contributed by atoms with van der Waals surface area (Å²) in [7, 11) is -2.97. The van der Waals surface area contributed by atoms with E-state index in [9.17, 15) is 8.42 Å². The molecule has 0 aliphatic heterocycles. The van der Waals surface area contributed by atoms with Gasteiger partial charge in [-0.1, -0.05) is 13.8 Å². The molecule has 1 aromatic rings. The van der Waals surface area contributed by atoms with Crippen molar-refractivity contribution in [2.24, 2.45) is 0 Å². The van der Waals surface area contributed by atoms with Crippen LogP contribution in [-0.2, 0) is 22.9 Å². The van der Waals surface area contributed by atoms with E-state index < -0.39 is 9.84 Å². The Kier molecular flexibility index (Phi) is 5.38. The zero-order valence-electron chi connectivity index (χ0n) is 13.4. The molecular formula is C14H27N3O2S. The van der Waals surface area contributed by atoms with Crippen LogP contribution in [0.1, 0.15) is 51.8 Å². The highest BCUT2D eigenvalue weighted by Gasteiger charge is 2.17. The van der Waals surface area contributed by atoms with E-state index in [2.05, 4.69) is 45.0 Å². The van der Waals surface area contributed by atoms with Crippen molar-refractivity contribution in [1.82, 2.24) is 15.1 Å². The van der Waals surface area contributed by atoms with E-state index in [0.29, 0.717) is 12.5 Å². The molecule has 0 amide bonds. The number of sulfone groups is 1. The molecule has 0 radical (unpaired) electrons. The van der Waals surface area contributed by atoms with E-state index >= 15 is 0 Å². The normalized spacial score (nSPS) is 13.2. The zero-order valence-corrected chi connectivity index (χ0v) is 14.2. The predicted molar refractivity (Wildman–Crippen MR) is 82.6 cm³/mol. The van der Waals surface area contributed by atoms with Crippen molar-refractivity contribution in [3.05, 3.63) is 17.5 Å². The van der Waals surface area contributed by atoms with Crippen molar-refractivity contribution in [3.63, 3.8) is 0 Å². The number of hydrogen-bond acceptors (Lipinski definition) is 4. The SMILES string of the molecule is CC(C)c1c(CNC(C)(C)C)cnn1CCS(C)(=O)=O. The van der Waals surface area contributed by atoms with E-state index in [-0.39, 0.29) is 11.3 Å². The minimum absolute atomic E-state index is 0.0447. The molecule has 0 saturated heterocycles. The van der Waals surface area contributed by atoms with Crippen LogP contribution in [-0.4, -0.2) is 35.7 Å². The summed E-state index contributed by atoms with van der Waals surface area (Å²) in [4.78, 5) is 0. The highest BCUT2D eigenvalue weighted by atomic mass is 32.2. The second-order valence-corrected chi connectivity index (χ2v) is 8.93. The average Bonchev–Trinajstić information content (AvgIpc) is 2.64. The first-order valence-corrected chi connectivity index (χ1v) is 9.03. The minimum Gasteiger partial charge on any atom is -0.308 e. The molecule has 1 rings (SSSR count). The summed E-state index contributed by atoms with van der Waals surface area (Å²) >= 11 is 0. The largest absolute Gasteiger partial charge is 0.308 e. The molecule has 6 heteroatoms. The monoisotopic (exact) mass is 301 g/mol. The topological polar surface area (TPSA) is 64.0 Å². The van der Waals surface area contributed by atoms with Gasteiger partial charge in [-0.3, -0.25) is 4.68 Å². The van der Waals surface area contributed by atoms with Crippen LogP contribution in [0.3, 0.4) is 0 Å². The molecule has 0 atom stereocenters. The zero-order chi connectivity index (χ0) is 15.6. The number of rotatable bonds is 6. The quantitative estimate of drug-likeness (QED) is 0.872. The summed E-state index contributed by atoms with van der Waals surface area (Å²) in [5.41, 5.74) is 2.30. The van der Waals surface area contributed by atoms with Gasteiger partial charge < -0.3 is 5.32 Å². The molecule has 0 unspecified atom stereocenters. The number of aromatic nitrogens is 2. The van der Waals surface area contributed by atoms with Crippen LogP contribution in [0, 0.1) is 0 Å². The second-order valence-electron chi connectivity index (χ2n) is 6.67. The highest BCUT2D eigenvalue weighted by molar-refractivity contribution is 7.90. The maximum absolute atomic E-state index is 11.3. The van der Waals surface area contributed by atoms with Gasteiger partial charge in [0.05, 0.1) is 18.5 Å². The molecular weight excluding hydrogens is 274 g/mol. The van der Waals surface area contributed by atoms with E-state index in [1.807, 2.05) is 10.9 Å². The summed E-state index contributed by atoms with van der Waals surface area (Å²) in [5.74, 6) is 0.439. The summed E-state index contributed by atoms with van der Waals surface area (Å²) in [6.07, 6.45) is 3.10. The molecule has 1 heterocycles. The fourth-order valence-corrected chi connectivity index (χ4v) is 2.53. The van der Waals surface area contributed by atoms with Gasteiger partial charge in [-0.05, 0) is 26.7 Å². The van der Waals surface area contributed by atoms with E-state index in [4.69, 9.17) is 0 Å². The van der Waals surface area contributed by atoms with Gasteiger partial charge in [0.2, 0.25) is 0 Å². The van der Waals surface area contributed by atoms with Crippen molar-refractivity contribution in [3.8, 4) is 0 Å². The van der Waals surface area contributed by atoms with Crippen molar-refractivity contribution >= 4 is 9.84 Å². The first-order chi connectivity index (χ1) is 8.99. The van der Waals surface area contributed by atoms with Gasteiger partial charge in [-0.25, -0.2) is 8.42 Å². The predicted octanol–water partition coefficient (Wildman–Crippen LogP) is 1.94. The van der Waals surface area contributed by atoms with E-state index in [0.717, 1.165) is 17.8 Å². The molecule has 0 fully saturated rings. The molecule has 1 aromatic heterocycles. The molecule has 0 aliphatic carbocycles. The van der Waals surface area contributed by atoms with Crippen LogP contribution < -0.4 is 5.32 Å². The average molecular weight is 301 g/mol. The van der Waals surface area contributed by atoms with E-state index in [1.54, 1.807) is 0 Å². The van der Waals surface area contributed by atoms with Crippen LogP contribution in [0.4, 0.5) is 0 Å². The number of hydrogen-bond donors (Lipinski definition) is 1. The van der Waals surface area contributed by atoms with Gasteiger partial charge in [0.15, 0.2) is 0 Å². The summed E-state index contributed by atoms with van der Waals surface area (Å²) in [6.45, 7) is 11.7. The molecule has 0 bridgehead atoms. The van der Waals surface area contributed by atoms with Crippen LogP contribution >= 0.6 is 0 Å². The van der Waals surface area contributed by atoms with Gasteiger partial charge in [0, 0.05) is 29.6 Å². The van der Waals surface area contributed by atoms with Gasteiger partial charge in [-0.2, -0.15) is 5.10 Å². The van der Waals surface area contributed by atoms with Gasteiger partial charge in [0.1, 0.15) is 9.84 Å². The fourth-order valence-electron chi connectivity index (χ4n) is 2.03. The Morgan fingerprint density at radius 1 is 1.35 bits per heavy atom. The molecule has 0 spiro atoms. The highest BCUT2D eigenvalue weighted by Crippen LogP contribution is 2.20. The molecule has 116 valence electrons. The lowest BCUT2D eigenvalue weighted by Crippen LogP contribution is -2.35. The van der Waals surface area contributed by atoms with E-state index in [1.165, 1.54) is 6.26 Å². The molecule has 1 N–H and O–H groups in total. The van der Waals surface area contributed by atoms with Gasteiger partial charge in [0.25, 0.3) is 0 Å². The molecule has 20 heavy (non-hydrogen) atoms. The first-order valence-electron chi connectivity index (χ1n) is 6.97. The Morgan fingerprint density at radius 3 is 2.40 bits per heavy atom. The smallest absolute Gasteiger partial charge is 0.149 e. The van der Waals surface area contributed by atoms with Crippen molar-refractivity contribution in [2.75, 3.05) is 12.0 Å². The van der Waals surface area contributed by atoms with Crippen molar-refractivity contribution in [2.45, 2.75) is 59.2 Å². The third kappa shape index (κ3) is 5.63. The Labute approximate surface area is 122 Å². The summed E-state index contributed by atoms with van der Waals surface area (Å²) in [5, 5.41) is 7.80. The maximum Gasteiger partial charge on any atom is 0.149 e. The fraction of sp³-hybridized carbons (Fsp3) is 0.786. The standard InChI is InChI=1S/C14H27N3O2S/c1-11(2)13-12(9-15-14(3,4)5)10-16-17(13)7-8-20(6,18)19/h10-11,15H,7-9H2,1-6H3. The Morgan fingerprint density at radius 2 is 1.95 bits per heavy atom. The Hall–Kier alpha value is -0.880. The van der Waals surface area contributed by atoms with Crippen molar-refractivity contribution in [1.29, 1.82) is 0 Å². The lowest BCUT2D eigenvalue weighted by Gasteiger charge is -2.21. The van der Waals surface area contributed by atoms with Crippen LogP contribution in [0.15, 0.2) is 6.20 Å². The van der Waals surface area contributed by atoms with Crippen LogP contribution in [0.5, 0.6) is 0 Å². The third-order valence-electron chi connectivity index (χ3n) is 2.99. The Bertz CT molecular complexity index is 539. The lowest BCUT2D eigenvalue weighted by molar-refractivity contribution is 0.422. The number of aryl methyl sites for hydroxylation is 1. The second kappa shape index (κ2) is 6.26. The minimum atomic E-state index is -2.97. The molecule has 0 aromatic carbocycles. The summed E-state index contributed by atoms with van der Waals surface area (Å²) in [6, 6.07) is 0. The number of nitrogens with zero attached hydrogens (tertiary/aromatic N) is 2. The van der Waals surface area contributed by atoms with Crippen LogP contribution in [0.2, 0.25) is 0 Å². The third-order valence-corrected chi connectivity index (χ3v) is 3.91. The van der Waals surface area contributed by atoms with Crippen molar-refractivity contribution < 1.29 is 8.42 Å². The van der Waals surface area contributed by atoms with Gasteiger partial charge in [-0.15, -0.1) is 0 Å². The van der Waals surface area contributed by atoms with Crippen LogP contribution in [0.25, 0.3) is 0 Å².